The second kappa shape index (κ2) is 12.5. The summed E-state index contributed by atoms with van der Waals surface area (Å²) in [6.07, 6.45) is 0.928. The summed E-state index contributed by atoms with van der Waals surface area (Å²) in [6, 6.07) is 14.7. The van der Waals surface area contributed by atoms with Crippen molar-refractivity contribution in [3.8, 4) is 11.5 Å². The minimum Gasteiger partial charge on any atom is -0.471 e. The number of methoxy groups -OCH3 is 1. The predicted molar refractivity (Wildman–Crippen MR) is 135 cm³/mol. The van der Waals surface area contributed by atoms with Crippen LogP contribution >= 0.6 is 0 Å². The molecule has 0 aliphatic carbocycles. The summed E-state index contributed by atoms with van der Waals surface area (Å²) >= 11 is 0. The van der Waals surface area contributed by atoms with Gasteiger partial charge in [0.2, 0.25) is 0 Å². The van der Waals surface area contributed by atoms with Crippen molar-refractivity contribution in [2.45, 2.75) is 51.7 Å². The summed E-state index contributed by atoms with van der Waals surface area (Å²) in [5, 5.41) is 0. The smallest absolute Gasteiger partial charge is 0.292 e. The van der Waals surface area contributed by atoms with E-state index in [9.17, 15) is 8.42 Å². The summed E-state index contributed by atoms with van der Waals surface area (Å²) in [5.74, 6) is 3.38. The standard InChI is InChI=1S/C23H31NO2SSi.C2H4O2/c1-7-20-8-12-22(13-9-20)24(18-19(2)3)27(25,26)23-14-10-21(11-15-23)16-17-28(4,5)6;1-4-2-3/h8-15,19H,7,18H2,1-6H3;2H,1H3. The van der Waals surface area contributed by atoms with Crippen LogP contribution in [0.15, 0.2) is 53.4 Å². The van der Waals surface area contributed by atoms with Crippen LogP contribution in [-0.2, 0) is 26.0 Å². The number of carbonyl (C=O) groups excluding carboxylic acids is 1. The van der Waals surface area contributed by atoms with E-state index in [2.05, 4.69) is 42.8 Å². The number of hydrogen-bond acceptors (Lipinski definition) is 4. The first kappa shape index (κ1) is 27.5. The van der Waals surface area contributed by atoms with Crippen molar-refractivity contribution in [3.63, 3.8) is 0 Å². The molecule has 0 aliphatic heterocycles. The molecule has 0 aliphatic rings. The van der Waals surface area contributed by atoms with Crippen LogP contribution in [0.25, 0.3) is 0 Å². The van der Waals surface area contributed by atoms with Gasteiger partial charge in [-0.2, -0.15) is 0 Å². The number of anilines is 1. The maximum atomic E-state index is 13.3. The van der Waals surface area contributed by atoms with E-state index in [0.717, 1.165) is 12.0 Å². The Kier molecular flexibility index (Phi) is 10.7. The molecule has 2 rings (SSSR count). The van der Waals surface area contributed by atoms with Gasteiger partial charge in [0.15, 0.2) is 0 Å². The molecular weight excluding hydrogens is 438 g/mol. The molecule has 0 spiro atoms. The van der Waals surface area contributed by atoms with E-state index in [4.69, 9.17) is 4.79 Å². The third-order valence-electron chi connectivity index (χ3n) is 4.28. The minimum atomic E-state index is -3.64. The predicted octanol–water partition coefficient (Wildman–Crippen LogP) is 5.12. The number of benzene rings is 2. The first-order valence-electron chi connectivity index (χ1n) is 10.7. The Bertz CT molecular complexity index is 1010. The monoisotopic (exact) mass is 473 g/mol. The molecule has 0 saturated carbocycles. The fourth-order valence-corrected chi connectivity index (χ4v) is 4.82. The zero-order valence-electron chi connectivity index (χ0n) is 20.2. The van der Waals surface area contributed by atoms with Crippen LogP contribution in [0.2, 0.25) is 19.6 Å². The molecule has 2 aromatic rings. The number of aryl methyl sites for hydroxylation is 1. The topological polar surface area (TPSA) is 63.7 Å². The average Bonchev–Trinajstić information content (AvgIpc) is 2.76. The largest absolute Gasteiger partial charge is 0.471 e. The Balaban J connectivity index is 0.00000118. The summed E-state index contributed by atoms with van der Waals surface area (Å²) in [6.45, 7) is 13.5. The van der Waals surface area contributed by atoms with Crippen LogP contribution in [0.1, 0.15) is 31.9 Å². The quantitative estimate of drug-likeness (QED) is 0.318. The molecule has 2 aromatic carbocycles. The van der Waals surface area contributed by atoms with Gasteiger partial charge in [0, 0.05) is 12.1 Å². The number of sulfonamides is 1. The Labute approximate surface area is 194 Å². The van der Waals surface area contributed by atoms with Gasteiger partial charge in [-0.1, -0.05) is 58.5 Å². The number of rotatable bonds is 7. The van der Waals surface area contributed by atoms with Gasteiger partial charge >= 0.3 is 0 Å². The van der Waals surface area contributed by atoms with Crippen molar-refractivity contribution >= 4 is 30.3 Å². The van der Waals surface area contributed by atoms with Gasteiger partial charge in [0.05, 0.1) is 17.7 Å². The maximum Gasteiger partial charge on any atom is 0.292 e. The molecule has 174 valence electrons. The van der Waals surface area contributed by atoms with E-state index in [-0.39, 0.29) is 5.92 Å². The fraction of sp³-hybridized carbons (Fsp3) is 0.400. The Morgan fingerprint density at radius 2 is 1.56 bits per heavy atom. The van der Waals surface area contributed by atoms with Crippen molar-refractivity contribution < 1.29 is 17.9 Å². The molecule has 0 saturated heterocycles. The number of ether oxygens (including phenoxy) is 1. The van der Waals surface area contributed by atoms with Gasteiger partial charge in [-0.25, -0.2) is 8.42 Å². The normalized spacial score (nSPS) is 11.0. The van der Waals surface area contributed by atoms with E-state index in [1.807, 2.05) is 38.1 Å². The SMILES string of the molecule is CCc1ccc(N(CC(C)C)S(=O)(=O)c2ccc(C#C[Si](C)(C)C)cc2)cc1.COC=O. The van der Waals surface area contributed by atoms with Gasteiger partial charge in [-0.3, -0.25) is 9.10 Å². The summed E-state index contributed by atoms with van der Waals surface area (Å²) in [5.41, 5.74) is 6.05. The van der Waals surface area contributed by atoms with Gasteiger partial charge < -0.3 is 4.74 Å². The molecule has 0 N–H and O–H groups in total. The van der Waals surface area contributed by atoms with Crippen LogP contribution < -0.4 is 4.31 Å². The molecule has 0 bridgehead atoms. The van der Waals surface area contributed by atoms with Crippen molar-refractivity contribution in [2.24, 2.45) is 5.92 Å². The van der Waals surface area contributed by atoms with Crippen molar-refractivity contribution in [3.05, 3.63) is 59.7 Å². The third kappa shape index (κ3) is 8.89. The van der Waals surface area contributed by atoms with Crippen LogP contribution in [0.5, 0.6) is 0 Å². The molecule has 0 unspecified atom stereocenters. The molecular formula is C25H35NO4SSi. The van der Waals surface area contributed by atoms with Crippen molar-refractivity contribution in [1.82, 2.24) is 0 Å². The van der Waals surface area contributed by atoms with Crippen molar-refractivity contribution in [2.75, 3.05) is 18.0 Å². The zero-order valence-corrected chi connectivity index (χ0v) is 22.0. The molecule has 0 heterocycles. The van der Waals surface area contributed by atoms with Gasteiger partial charge in [-0.05, 0) is 54.3 Å². The Hall–Kier alpha value is -2.56. The lowest BCUT2D eigenvalue weighted by atomic mass is 10.1. The molecule has 0 radical (unpaired) electrons. The van der Waals surface area contributed by atoms with Gasteiger partial charge in [0.1, 0.15) is 8.07 Å². The highest BCUT2D eigenvalue weighted by atomic mass is 32.2. The lowest BCUT2D eigenvalue weighted by Crippen LogP contribution is -2.34. The highest BCUT2D eigenvalue weighted by molar-refractivity contribution is 7.92. The number of carbonyl (C=O) groups is 1. The number of hydrogen-bond donors (Lipinski definition) is 0. The average molecular weight is 474 g/mol. The summed E-state index contributed by atoms with van der Waals surface area (Å²) in [7, 11) is -3.79. The second-order valence-electron chi connectivity index (χ2n) is 8.81. The van der Waals surface area contributed by atoms with E-state index in [1.165, 1.54) is 17.0 Å². The molecule has 5 nitrogen and oxygen atoms in total. The van der Waals surface area contributed by atoms with Crippen molar-refractivity contribution in [1.29, 1.82) is 0 Å². The van der Waals surface area contributed by atoms with Gasteiger partial charge in [-0.15, -0.1) is 5.54 Å². The highest BCUT2D eigenvalue weighted by Gasteiger charge is 2.25. The van der Waals surface area contributed by atoms with Crippen LogP contribution in [0.4, 0.5) is 5.69 Å². The Morgan fingerprint density at radius 3 is 1.97 bits per heavy atom. The second-order valence-corrected chi connectivity index (χ2v) is 15.4. The van der Waals surface area contributed by atoms with Crippen LogP contribution in [0, 0.1) is 17.4 Å². The molecule has 7 heteroatoms. The van der Waals surface area contributed by atoms with Crippen LogP contribution in [-0.4, -0.2) is 36.6 Å². The van der Waals surface area contributed by atoms with E-state index < -0.39 is 18.1 Å². The Morgan fingerprint density at radius 1 is 1.03 bits per heavy atom. The first-order valence-corrected chi connectivity index (χ1v) is 15.6. The minimum absolute atomic E-state index is 0.211. The third-order valence-corrected chi connectivity index (χ3v) is 6.97. The van der Waals surface area contributed by atoms with E-state index in [1.54, 1.807) is 24.3 Å². The molecule has 0 aromatic heterocycles. The molecule has 0 atom stereocenters. The maximum absolute atomic E-state index is 13.3. The fourth-order valence-electron chi connectivity index (χ4n) is 2.67. The zero-order chi connectivity index (χ0) is 24.4. The summed E-state index contributed by atoms with van der Waals surface area (Å²) < 4.78 is 32.1. The van der Waals surface area contributed by atoms with Crippen LogP contribution in [0.3, 0.4) is 0 Å². The lowest BCUT2D eigenvalue weighted by molar-refractivity contribution is -0.126. The highest BCUT2D eigenvalue weighted by Crippen LogP contribution is 2.25. The number of nitrogens with zero attached hydrogens (tertiary/aromatic N) is 1. The summed E-state index contributed by atoms with van der Waals surface area (Å²) in [4.78, 5) is 9.25. The lowest BCUT2D eigenvalue weighted by Gasteiger charge is -2.26. The molecule has 32 heavy (non-hydrogen) atoms. The molecule has 0 amide bonds. The molecule has 0 fully saturated rings. The van der Waals surface area contributed by atoms with E-state index >= 15 is 0 Å². The van der Waals surface area contributed by atoms with E-state index in [0.29, 0.717) is 23.6 Å². The first-order chi connectivity index (χ1) is 14.9. The van der Waals surface area contributed by atoms with Gasteiger partial charge in [0.25, 0.3) is 16.5 Å².